The van der Waals surface area contributed by atoms with E-state index >= 15 is 0 Å². The van der Waals surface area contributed by atoms with Crippen LogP contribution in [0.4, 0.5) is 4.39 Å². The second-order valence-corrected chi connectivity index (χ2v) is 5.26. The lowest BCUT2D eigenvalue weighted by atomic mass is 9.89. The molecule has 0 bridgehead atoms. The van der Waals surface area contributed by atoms with E-state index in [1.807, 2.05) is 45.0 Å². The van der Waals surface area contributed by atoms with Crippen LogP contribution in [0.2, 0.25) is 0 Å². The molecule has 3 nitrogen and oxygen atoms in total. The average molecular weight is 274 g/mol. The summed E-state index contributed by atoms with van der Waals surface area (Å²) in [6.45, 7) is 5.79. The number of benzene rings is 1. The first kappa shape index (κ1) is 14.5. The highest BCUT2D eigenvalue weighted by atomic mass is 19.1. The zero-order valence-electron chi connectivity index (χ0n) is 11.9. The molecule has 4 heteroatoms. The van der Waals surface area contributed by atoms with Gasteiger partial charge in [0.2, 0.25) is 0 Å². The van der Waals surface area contributed by atoms with Crippen molar-refractivity contribution in [2.75, 3.05) is 0 Å². The summed E-state index contributed by atoms with van der Waals surface area (Å²) in [5.74, 6) is 0.387. The molecule has 2 N–H and O–H groups in total. The maximum absolute atomic E-state index is 13.0. The molecule has 0 spiro atoms. The van der Waals surface area contributed by atoms with E-state index in [9.17, 15) is 4.39 Å². The molecule has 2 aromatic rings. The van der Waals surface area contributed by atoms with Crippen LogP contribution in [-0.2, 0) is 5.54 Å². The summed E-state index contributed by atoms with van der Waals surface area (Å²) < 4.78 is 18.6. The summed E-state index contributed by atoms with van der Waals surface area (Å²) in [5.41, 5.74) is 7.05. The third-order valence-electron chi connectivity index (χ3n) is 3.06. The number of hydrogen-bond acceptors (Lipinski definition) is 3. The lowest BCUT2D eigenvalue weighted by Gasteiger charge is -2.25. The molecule has 1 aromatic heterocycles. The minimum atomic E-state index is -0.802. The lowest BCUT2D eigenvalue weighted by Crippen LogP contribution is -2.35. The van der Waals surface area contributed by atoms with Gasteiger partial charge in [0, 0.05) is 0 Å². The average Bonchev–Trinajstić information content (AvgIpc) is 2.39. The van der Waals surface area contributed by atoms with E-state index in [0.717, 1.165) is 11.3 Å². The Morgan fingerprint density at radius 3 is 2.60 bits per heavy atom. The molecule has 0 saturated heterocycles. The van der Waals surface area contributed by atoms with Crippen LogP contribution in [0.25, 0.3) is 0 Å². The van der Waals surface area contributed by atoms with Crippen molar-refractivity contribution in [1.29, 1.82) is 0 Å². The molecule has 2 rings (SSSR count). The molecule has 0 aliphatic rings. The van der Waals surface area contributed by atoms with Crippen molar-refractivity contribution in [2.45, 2.75) is 32.4 Å². The molecule has 1 heterocycles. The maximum Gasteiger partial charge on any atom is 0.141 e. The molecule has 0 saturated carbocycles. The van der Waals surface area contributed by atoms with E-state index in [2.05, 4.69) is 4.98 Å². The summed E-state index contributed by atoms with van der Waals surface area (Å²) in [6.07, 6.45) is 1.27. The predicted octanol–water partition coefficient (Wildman–Crippen LogP) is 3.23. The number of halogens is 1. The number of nitrogens with zero attached hydrogens (tertiary/aromatic N) is 1. The Labute approximate surface area is 118 Å². The molecule has 106 valence electrons. The molecule has 0 radical (unpaired) electrons. The summed E-state index contributed by atoms with van der Waals surface area (Å²) >= 11 is 0. The maximum atomic E-state index is 13.0. The fourth-order valence-corrected chi connectivity index (χ4v) is 2.00. The Morgan fingerprint density at radius 2 is 2.00 bits per heavy atom. The normalized spacial score (nSPS) is 14.1. The summed E-state index contributed by atoms with van der Waals surface area (Å²) in [7, 11) is 0. The fraction of sp³-hybridized carbons (Fsp3) is 0.312. The van der Waals surface area contributed by atoms with Gasteiger partial charge in [0.25, 0.3) is 0 Å². The zero-order chi connectivity index (χ0) is 14.8. The molecular weight excluding hydrogens is 255 g/mol. The van der Waals surface area contributed by atoms with Crippen molar-refractivity contribution in [3.63, 3.8) is 0 Å². The molecule has 1 aromatic carbocycles. The first-order chi connectivity index (χ1) is 9.39. The van der Waals surface area contributed by atoms with Crippen LogP contribution in [0, 0.1) is 5.82 Å². The molecule has 0 aliphatic carbocycles. The van der Waals surface area contributed by atoms with Crippen LogP contribution >= 0.6 is 0 Å². The highest BCUT2D eigenvalue weighted by Crippen LogP contribution is 2.28. The van der Waals surface area contributed by atoms with Gasteiger partial charge in [-0.3, -0.25) is 4.98 Å². The van der Waals surface area contributed by atoms with Crippen molar-refractivity contribution in [2.24, 2.45) is 5.73 Å². The van der Waals surface area contributed by atoms with Gasteiger partial charge in [-0.1, -0.05) is 12.1 Å². The number of nitrogens with two attached hydrogens (primary N) is 1. The first-order valence-corrected chi connectivity index (χ1v) is 6.57. The summed E-state index contributed by atoms with van der Waals surface area (Å²) in [6, 6.07) is 10.6. The second-order valence-electron chi connectivity index (χ2n) is 5.26. The van der Waals surface area contributed by atoms with Gasteiger partial charge in [-0.25, -0.2) is 4.39 Å². The first-order valence-electron chi connectivity index (χ1n) is 6.57. The monoisotopic (exact) mass is 274 g/mol. The van der Waals surface area contributed by atoms with Gasteiger partial charge >= 0.3 is 0 Å². The molecule has 0 aliphatic heterocycles. The van der Waals surface area contributed by atoms with Gasteiger partial charge in [-0.05, 0) is 50.6 Å². The van der Waals surface area contributed by atoms with Crippen molar-refractivity contribution in [3.8, 4) is 5.75 Å². The molecule has 1 atom stereocenters. The van der Waals surface area contributed by atoms with Crippen molar-refractivity contribution < 1.29 is 9.13 Å². The molecule has 20 heavy (non-hydrogen) atoms. The zero-order valence-corrected chi connectivity index (χ0v) is 11.9. The minimum Gasteiger partial charge on any atom is -0.491 e. The van der Waals surface area contributed by atoms with Crippen molar-refractivity contribution in [1.82, 2.24) is 4.98 Å². The van der Waals surface area contributed by atoms with Gasteiger partial charge in [0.05, 0.1) is 23.5 Å². The SMILES string of the molecule is CC(C)Oc1cccc(C(C)(N)c2ccc(F)cn2)c1. The third kappa shape index (κ3) is 3.14. The quantitative estimate of drug-likeness (QED) is 0.931. The smallest absolute Gasteiger partial charge is 0.141 e. The standard InChI is InChI=1S/C16H19FN2O/c1-11(2)20-14-6-4-5-12(9-14)16(3,18)15-8-7-13(17)10-19-15/h4-11H,18H2,1-3H3. The second kappa shape index (κ2) is 5.59. The van der Waals surface area contributed by atoms with Gasteiger partial charge in [-0.2, -0.15) is 0 Å². The van der Waals surface area contributed by atoms with Crippen LogP contribution in [0.1, 0.15) is 32.0 Å². The number of hydrogen-bond donors (Lipinski definition) is 1. The largest absolute Gasteiger partial charge is 0.491 e. The number of ether oxygens (including phenoxy) is 1. The van der Waals surface area contributed by atoms with Crippen LogP contribution in [-0.4, -0.2) is 11.1 Å². The van der Waals surface area contributed by atoms with Crippen molar-refractivity contribution in [3.05, 3.63) is 59.7 Å². The van der Waals surface area contributed by atoms with Crippen LogP contribution < -0.4 is 10.5 Å². The Hall–Kier alpha value is -1.94. The van der Waals surface area contributed by atoms with Crippen LogP contribution in [0.5, 0.6) is 5.75 Å². The van der Waals surface area contributed by atoms with Gasteiger partial charge in [0.1, 0.15) is 11.6 Å². The van der Waals surface area contributed by atoms with Gasteiger partial charge in [0.15, 0.2) is 0 Å². The fourth-order valence-electron chi connectivity index (χ4n) is 2.00. The predicted molar refractivity (Wildman–Crippen MR) is 77.0 cm³/mol. The Bertz CT molecular complexity index is 579. The molecule has 0 amide bonds. The van der Waals surface area contributed by atoms with Gasteiger partial charge < -0.3 is 10.5 Å². The summed E-state index contributed by atoms with van der Waals surface area (Å²) in [5, 5.41) is 0. The summed E-state index contributed by atoms with van der Waals surface area (Å²) in [4.78, 5) is 4.08. The molecule has 0 fully saturated rings. The molecular formula is C16H19FN2O. The van der Waals surface area contributed by atoms with E-state index < -0.39 is 5.54 Å². The van der Waals surface area contributed by atoms with E-state index in [1.54, 1.807) is 6.07 Å². The highest BCUT2D eigenvalue weighted by Gasteiger charge is 2.25. The third-order valence-corrected chi connectivity index (χ3v) is 3.06. The minimum absolute atomic E-state index is 0.0956. The van der Waals surface area contributed by atoms with E-state index in [-0.39, 0.29) is 11.9 Å². The molecule has 1 unspecified atom stereocenters. The lowest BCUT2D eigenvalue weighted by molar-refractivity contribution is 0.242. The van der Waals surface area contributed by atoms with E-state index in [1.165, 1.54) is 12.3 Å². The Morgan fingerprint density at radius 1 is 1.25 bits per heavy atom. The van der Waals surface area contributed by atoms with E-state index in [4.69, 9.17) is 10.5 Å². The van der Waals surface area contributed by atoms with Crippen LogP contribution in [0.3, 0.4) is 0 Å². The number of aromatic nitrogens is 1. The van der Waals surface area contributed by atoms with Crippen molar-refractivity contribution >= 4 is 0 Å². The Balaban J connectivity index is 2.35. The Kier molecular flexibility index (Phi) is 4.04. The topological polar surface area (TPSA) is 48.1 Å². The van der Waals surface area contributed by atoms with Gasteiger partial charge in [-0.15, -0.1) is 0 Å². The van der Waals surface area contributed by atoms with Crippen LogP contribution in [0.15, 0.2) is 42.6 Å². The highest BCUT2D eigenvalue weighted by molar-refractivity contribution is 5.38. The van der Waals surface area contributed by atoms with E-state index in [0.29, 0.717) is 5.69 Å². The number of rotatable bonds is 4. The number of pyridine rings is 1.